The zero-order valence-corrected chi connectivity index (χ0v) is 23.8. The highest BCUT2D eigenvalue weighted by Gasteiger charge is 2.28. The van der Waals surface area contributed by atoms with Crippen molar-refractivity contribution in [3.05, 3.63) is 42.2 Å². The summed E-state index contributed by atoms with van der Waals surface area (Å²) in [5.41, 5.74) is 2.63. The predicted molar refractivity (Wildman–Crippen MR) is 158 cm³/mol. The minimum Gasteiger partial charge on any atom is -0.382 e. The Labute approximate surface area is 230 Å². The van der Waals surface area contributed by atoms with E-state index in [9.17, 15) is 0 Å². The maximum Gasteiger partial charge on any atom is 0.227 e. The Kier molecular flexibility index (Phi) is 8.86. The average molecular weight is 537 g/mol. The smallest absolute Gasteiger partial charge is 0.227 e. The quantitative estimate of drug-likeness (QED) is 0.328. The van der Waals surface area contributed by atoms with Crippen molar-refractivity contribution in [2.75, 3.05) is 73.6 Å². The fourth-order valence-electron chi connectivity index (χ4n) is 5.42. The third kappa shape index (κ3) is 6.16. The molecule has 204 valence electrons. The SMILES string of the molecule is COCCOC1CCN(c2nccc(Nc3cc4c(C(C)C)ccc(N5CC(CSC)C5)c4cn3)n2)CC1. The van der Waals surface area contributed by atoms with E-state index >= 15 is 0 Å². The summed E-state index contributed by atoms with van der Waals surface area (Å²) >= 11 is 1.94. The number of benzene rings is 1. The second-order valence-corrected chi connectivity index (χ2v) is 11.5. The van der Waals surface area contributed by atoms with Crippen molar-refractivity contribution in [1.82, 2.24) is 15.0 Å². The third-order valence-corrected chi connectivity index (χ3v) is 8.30. The van der Waals surface area contributed by atoms with Gasteiger partial charge in [0.15, 0.2) is 0 Å². The summed E-state index contributed by atoms with van der Waals surface area (Å²) in [5.74, 6) is 4.73. The monoisotopic (exact) mass is 536 g/mol. The van der Waals surface area contributed by atoms with Gasteiger partial charge in [-0.2, -0.15) is 16.7 Å². The molecule has 0 amide bonds. The molecule has 0 aliphatic carbocycles. The standard InChI is InChI=1S/C29H40N6O2S/c1-20(2)23-5-6-26(35-17-21(18-35)19-38-4)25-16-31-28(15-24(23)25)32-27-7-10-30-29(33-27)34-11-8-22(9-12-34)37-14-13-36-3/h5-7,10,15-16,20-22H,8-9,11-14,17-19H2,1-4H3,(H,30,31,32,33). The van der Waals surface area contributed by atoms with Crippen LogP contribution in [-0.2, 0) is 9.47 Å². The van der Waals surface area contributed by atoms with E-state index in [1.807, 2.05) is 30.2 Å². The molecule has 2 saturated heterocycles. The van der Waals surface area contributed by atoms with Crippen molar-refractivity contribution in [3.63, 3.8) is 0 Å². The second-order valence-electron chi connectivity index (χ2n) is 10.6. The Morgan fingerprint density at radius 1 is 1.03 bits per heavy atom. The van der Waals surface area contributed by atoms with E-state index in [2.05, 4.69) is 58.4 Å². The molecule has 5 rings (SSSR count). The molecular formula is C29H40N6O2S. The van der Waals surface area contributed by atoms with Crippen molar-refractivity contribution in [2.45, 2.75) is 38.7 Å². The van der Waals surface area contributed by atoms with E-state index in [0.29, 0.717) is 19.1 Å². The number of nitrogens with zero attached hydrogens (tertiary/aromatic N) is 5. The molecule has 38 heavy (non-hydrogen) atoms. The summed E-state index contributed by atoms with van der Waals surface area (Å²) in [6, 6.07) is 8.66. The number of hydrogen-bond donors (Lipinski definition) is 1. The van der Waals surface area contributed by atoms with Gasteiger partial charge in [-0.25, -0.2) is 9.97 Å². The molecule has 0 unspecified atom stereocenters. The first-order valence-corrected chi connectivity index (χ1v) is 15.1. The van der Waals surface area contributed by atoms with Crippen LogP contribution in [0.15, 0.2) is 36.7 Å². The van der Waals surface area contributed by atoms with Crippen molar-refractivity contribution in [1.29, 1.82) is 0 Å². The van der Waals surface area contributed by atoms with Gasteiger partial charge >= 0.3 is 0 Å². The summed E-state index contributed by atoms with van der Waals surface area (Å²) in [6.07, 6.45) is 8.24. The molecule has 8 nitrogen and oxygen atoms in total. The minimum absolute atomic E-state index is 0.275. The van der Waals surface area contributed by atoms with Crippen molar-refractivity contribution < 1.29 is 9.47 Å². The highest BCUT2D eigenvalue weighted by atomic mass is 32.2. The van der Waals surface area contributed by atoms with Gasteiger partial charge in [0.1, 0.15) is 11.6 Å². The molecule has 2 aliphatic rings. The van der Waals surface area contributed by atoms with Crippen LogP contribution in [0.5, 0.6) is 0 Å². The summed E-state index contributed by atoms with van der Waals surface area (Å²) in [6.45, 7) is 9.79. The molecule has 1 aromatic carbocycles. The Balaban J connectivity index is 1.30. The van der Waals surface area contributed by atoms with Crippen LogP contribution in [0.2, 0.25) is 0 Å². The first-order chi connectivity index (χ1) is 18.6. The number of anilines is 4. The number of aromatic nitrogens is 3. The predicted octanol–water partition coefficient (Wildman–Crippen LogP) is 5.32. The Bertz CT molecular complexity index is 1210. The number of fused-ring (bicyclic) bond motifs is 1. The number of thioether (sulfide) groups is 1. The van der Waals surface area contributed by atoms with Crippen LogP contribution in [0.4, 0.5) is 23.3 Å². The van der Waals surface area contributed by atoms with Gasteiger partial charge in [0.25, 0.3) is 0 Å². The minimum atomic E-state index is 0.275. The first kappa shape index (κ1) is 27.0. The molecule has 4 heterocycles. The van der Waals surface area contributed by atoms with Crippen molar-refractivity contribution >= 4 is 45.8 Å². The lowest BCUT2D eigenvalue weighted by molar-refractivity contribution is 0.00598. The largest absolute Gasteiger partial charge is 0.382 e. The van der Waals surface area contributed by atoms with E-state index in [-0.39, 0.29) is 6.10 Å². The van der Waals surface area contributed by atoms with Gasteiger partial charge in [-0.15, -0.1) is 0 Å². The van der Waals surface area contributed by atoms with Crippen molar-refractivity contribution in [3.8, 4) is 0 Å². The van der Waals surface area contributed by atoms with Gasteiger partial charge < -0.3 is 24.6 Å². The first-order valence-electron chi connectivity index (χ1n) is 13.7. The molecule has 0 spiro atoms. The van der Waals surface area contributed by atoms with Crippen LogP contribution in [0, 0.1) is 5.92 Å². The van der Waals surface area contributed by atoms with Crippen LogP contribution in [0.3, 0.4) is 0 Å². The number of pyridine rings is 1. The van der Waals surface area contributed by atoms with Crippen LogP contribution in [-0.4, -0.2) is 79.6 Å². The lowest BCUT2D eigenvalue weighted by Gasteiger charge is -2.41. The van der Waals surface area contributed by atoms with Crippen LogP contribution in [0.1, 0.15) is 38.2 Å². The molecule has 1 N–H and O–H groups in total. The van der Waals surface area contributed by atoms with E-state index in [1.54, 1.807) is 7.11 Å². The van der Waals surface area contributed by atoms with Gasteiger partial charge in [-0.3, -0.25) is 0 Å². The molecule has 2 aliphatic heterocycles. The Morgan fingerprint density at radius 2 is 1.84 bits per heavy atom. The Morgan fingerprint density at radius 3 is 2.58 bits per heavy atom. The highest BCUT2D eigenvalue weighted by Crippen LogP contribution is 2.37. The number of methoxy groups -OCH3 is 1. The zero-order chi connectivity index (χ0) is 26.5. The molecular weight excluding hydrogens is 496 g/mol. The molecule has 2 fully saturated rings. The normalized spacial score (nSPS) is 16.9. The number of hydrogen-bond acceptors (Lipinski definition) is 9. The number of piperidine rings is 1. The Hall–Kier alpha value is -2.62. The van der Waals surface area contributed by atoms with Gasteiger partial charge in [-0.05, 0) is 59.9 Å². The maximum atomic E-state index is 5.90. The number of nitrogens with one attached hydrogen (secondary N) is 1. The molecule has 0 radical (unpaired) electrons. The van der Waals surface area contributed by atoms with Gasteiger partial charge in [0, 0.05) is 62.7 Å². The fourth-order valence-corrected chi connectivity index (χ4v) is 6.11. The molecule has 0 bridgehead atoms. The zero-order valence-electron chi connectivity index (χ0n) is 23.0. The maximum absolute atomic E-state index is 5.90. The lowest BCUT2D eigenvalue weighted by atomic mass is 9.93. The number of rotatable bonds is 11. The summed E-state index contributed by atoms with van der Waals surface area (Å²) in [7, 11) is 1.70. The van der Waals surface area contributed by atoms with Crippen molar-refractivity contribution in [2.24, 2.45) is 5.92 Å². The lowest BCUT2D eigenvalue weighted by Crippen LogP contribution is -2.48. The highest BCUT2D eigenvalue weighted by molar-refractivity contribution is 7.98. The van der Waals surface area contributed by atoms with E-state index in [4.69, 9.17) is 19.4 Å². The topological polar surface area (TPSA) is 75.6 Å². The second kappa shape index (κ2) is 12.5. The molecule has 2 aromatic heterocycles. The van der Waals surface area contributed by atoms with Crippen LogP contribution < -0.4 is 15.1 Å². The van der Waals surface area contributed by atoms with E-state index in [0.717, 1.165) is 62.5 Å². The average Bonchev–Trinajstić information content (AvgIpc) is 2.90. The van der Waals surface area contributed by atoms with Crippen LogP contribution >= 0.6 is 11.8 Å². The molecule has 0 saturated carbocycles. The van der Waals surface area contributed by atoms with Gasteiger partial charge in [-0.1, -0.05) is 19.9 Å². The molecule has 3 aromatic rings. The van der Waals surface area contributed by atoms with Crippen LogP contribution in [0.25, 0.3) is 10.8 Å². The molecule has 0 atom stereocenters. The fraction of sp³-hybridized carbons (Fsp3) is 0.552. The third-order valence-electron chi connectivity index (χ3n) is 7.50. The summed E-state index contributed by atoms with van der Waals surface area (Å²) in [4.78, 5) is 18.9. The number of ether oxygens (including phenoxy) is 2. The summed E-state index contributed by atoms with van der Waals surface area (Å²) < 4.78 is 11.0. The molecule has 9 heteroatoms. The van der Waals surface area contributed by atoms with E-state index in [1.165, 1.54) is 27.8 Å². The van der Waals surface area contributed by atoms with Gasteiger partial charge in [0.05, 0.1) is 19.3 Å². The van der Waals surface area contributed by atoms with E-state index < -0.39 is 0 Å². The summed E-state index contributed by atoms with van der Waals surface area (Å²) in [5, 5.41) is 5.92. The van der Waals surface area contributed by atoms with Gasteiger partial charge in [0.2, 0.25) is 5.95 Å².